The molecule has 0 heterocycles. The van der Waals surface area contributed by atoms with Gasteiger partial charge in [-0.3, -0.25) is 0 Å². The second kappa shape index (κ2) is 4.77. The molecule has 26 valence electrons. The van der Waals surface area contributed by atoms with E-state index in [0.29, 0.717) is 5.57 Å². The van der Waals surface area contributed by atoms with Crippen molar-refractivity contribution in [3.8, 4) is 12.3 Å². The van der Waals surface area contributed by atoms with E-state index in [9.17, 15) is 0 Å². The summed E-state index contributed by atoms with van der Waals surface area (Å²) >= 11 is 0. The van der Waals surface area contributed by atoms with Crippen LogP contribution in [0.1, 0.15) is 0 Å². The fourth-order valence-corrected chi connectivity index (χ4v) is 0. The fraction of sp³-hybridized carbons (Fsp3) is 0. The minimum atomic E-state index is 0. The van der Waals surface area contributed by atoms with Crippen molar-refractivity contribution in [3.63, 3.8) is 0 Å². The fourth-order valence-electron chi connectivity index (χ4n) is 0. The Morgan fingerprint density at radius 2 is 2.00 bits per heavy atom. The van der Waals surface area contributed by atoms with Crippen molar-refractivity contribution in [2.75, 3.05) is 0 Å². The van der Waals surface area contributed by atoms with Crippen molar-refractivity contribution in [2.45, 2.75) is 0 Å². The maximum Gasteiger partial charge on any atom is 1.00 e. The molecule has 0 amide bonds. The molecule has 0 radical (unpaired) electrons. The summed E-state index contributed by atoms with van der Waals surface area (Å²) in [4.78, 5) is 0. The van der Waals surface area contributed by atoms with Crippen LogP contribution < -0.4 is 18.9 Å². The monoisotopic (exact) mass is 72.1 g/mol. The van der Waals surface area contributed by atoms with Gasteiger partial charge < -0.3 is 0 Å². The quantitative estimate of drug-likeness (QED) is 0.177. The van der Waals surface area contributed by atoms with Gasteiger partial charge in [0.15, 0.2) is 0 Å². The molecule has 0 aromatic heterocycles. The van der Waals surface area contributed by atoms with Gasteiger partial charge >= 0.3 is 18.9 Å². The molecule has 0 saturated heterocycles. The smallest absolute Gasteiger partial charge is 0.238 e. The van der Waals surface area contributed by atoms with E-state index in [-0.39, 0.29) is 18.9 Å². The Morgan fingerprint density at radius 1 is 1.83 bits per heavy atom. The Bertz CT molecular complexity index is 76.4. The summed E-state index contributed by atoms with van der Waals surface area (Å²) in [5.41, 5.74) is 0.532. The molecule has 0 unspecified atom stereocenters. The van der Waals surface area contributed by atoms with Gasteiger partial charge in [0, 0.05) is 0 Å². The van der Waals surface area contributed by atoms with Crippen LogP contribution in [0.5, 0.6) is 0 Å². The second-order valence-corrected chi connectivity index (χ2v) is 0.748. The average Bonchev–Trinajstić information content (AvgIpc) is 1.38. The summed E-state index contributed by atoms with van der Waals surface area (Å²) in [7, 11) is 0. The van der Waals surface area contributed by atoms with Gasteiger partial charge in [0.05, 0.1) is 0 Å². The molecule has 0 nitrogen and oxygen atoms in total. The van der Waals surface area contributed by atoms with Crippen LogP contribution in [0, 0.1) is 19.3 Å². The first-order chi connectivity index (χ1) is 2.27. The van der Waals surface area contributed by atoms with Crippen LogP contribution in [0.25, 0.3) is 0 Å². The van der Waals surface area contributed by atoms with Gasteiger partial charge in [-0.05, 0) is 0 Å². The third-order valence-electron chi connectivity index (χ3n) is 0.204. The van der Waals surface area contributed by atoms with Crippen molar-refractivity contribution in [3.05, 3.63) is 19.1 Å². The first kappa shape index (κ1) is 9.24. The molecule has 0 atom stereocenters. The van der Waals surface area contributed by atoms with Crippen LogP contribution in [0.15, 0.2) is 12.2 Å². The van der Waals surface area contributed by atoms with Crippen LogP contribution in [0.4, 0.5) is 0 Å². The van der Waals surface area contributed by atoms with E-state index in [1.807, 2.05) is 0 Å². The molecule has 0 aliphatic carbocycles. The zero-order valence-corrected chi connectivity index (χ0v) is 3.99. The molecule has 0 rings (SSSR count). The molecular formula is C5H5Li. The minimum Gasteiger partial charge on any atom is -0.238 e. The van der Waals surface area contributed by atoms with E-state index in [1.54, 1.807) is 0 Å². The predicted octanol–water partition coefficient (Wildman–Crippen LogP) is -1.99. The van der Waals surface area contributed by atoms with Gasteiger partial charge in [0.1, 0.15) is 0 Å². The van der Waals surface area contributed by atoms with E-state index in [2.05, 4.69) is 19.4 Å². The van der Waals surface area contributed by atoms with Gasteiger partial charge in [0.25, 0.3) is 0 Å². The molecule has 0 spiro atoms. The maximum absolute atomic E-state index is 4.76. The summed E-state index contributed by atoms with van der Waals surface area (Å²) in [6.07, 6.45) is 4.76. The van der Waals surface area contributed by atoms with Gasteiger partial charge in [-0.25, -0.2) is 5.92 Å². The Balaban J connectivity index is 0. The first-order valence-corrected chi connectivity index (χ1v) is 1.25. The van der Waals surface area contributed by atoms with Gasteiger partial charge in [-0.15, -0.1) is 0 Å². The summed E-state index contributed by atoms with van der Waals surface area (Å²) in [6.45, 7) is 6.65. The van der Waals surface area contributed by atoms with Crippen molar-refractivity contribution in [1.29, 1.82) is 0 Å². The Kier molecular flexibility index (Phi) is 7.34. The number of hydrogen-bond donors (Lipinski definition) is 0. The van der Waals surface area contributed by atoms with E-state index in [4.69, 9.17) is 6.42 Å². The number of terminal acetylenes is 1. The molecule has 0 aliphatic rings. The molecule has 0 aromatic rings. The number of rotatable bonds is 0. The molecule has 0 aromatic carbocycles. The zero-order chi connectivity index (χ0) is 4.28. The van der Waals surface area contributed by atoms with Crippen molar-refractivity contribution < 1.29 is 18.9 Å². The SMILES string of the molecule is C#CC(=C)[CH2-].[Li+]. The van der Waals surface area contributed by atoms with Gasteiger partial charge in [-0.1, -0.05) is 0 Å². The van der Waals surface area contributed by atoms with Crippen molar-refractivity contribution in [1.82, 2.24) is 0 Å². The molecule has 0 N–H and O–H groups in total. The van der Waals surface area contributed by atoms with Gasteiger partial charge in [-0.2, -0.15) is 25.5 Å². The Labute approximate surface area is 50.8 Å². The number of allylic oxidation sites excluding steroid dienone is 1. The third-order valence-corrected chi connectivity index (χ3v) is 0.204. The summed E-state index contributed by atoms with van der Waals surface area (Å²) < 4.78 is 0. The van der Waals surface area contributed by atoms with Gasteiger partial charge in [0.2, 0.25) is 0 Å². The largest absolute Gasteiger partial charge is 1.00 e. The summed E-state index contributed by atoms with van der Waals surface area (Å²) in [5.74, 6) is 2.22. The molecule has 0 fully saturated rings. The summed E-state index contributed by atoms with van der Waals surface area (Å²) in [6, 6.07) is 0. The van der Waals surface area contributed by atoms with Crippen molar-refractivity contribution >= 4 is 0 Å². The standard InChI is InChI=1S/C5H5.Li/c1-4-5(2)3;/h1H,2-3H2;/q-1;+1. The molecule has 0 saturated carbocycles. The number of hydrogen-bond acceptors (Lipinski definition) is 0. The summed E-state index contributed by atoms with van der Waals surface area (Å²) in [5, 5.41) is 0. The van der Waals surface area contributed by atoms with E-state index in [0.717, 1.165) is 0 Å². The zero-order valence-electron chi connectivity index (χ0n) is 3.99. The van der Waals surface area contributed by atoms with E-state index >= 15 is 0 Å². The topological polar surface area (TPSA) is 0 Å². The molecular weight excluding hydrogens is 67.0 g/mol. The van der Waals surface area contributed by atoms with Crippen LogP contribution in [0.2, 0.25) is 0 Å². The maximum atomic E-state index is 4.76. The molecule has 6 heavy (non-hydrogen) atoms. The predicted molar refractivity (Wildman–Crippen MR) is 23.3 cm³/mol. The Morgan fingerprint density at radius 3 is 2.00 bits per heavy atom. The molecule has 0 bridgehead atoms. The second-order valence-electron chi connectivity index (χ2n) is 0.748. The van der Waals surface area contributed by atoms with E-state index in [1.165, 1.54) is 0 Å². The first-order valence-electron chi connectivity index (χ1n) is 1.25. The van der Waals surface area contributed by atoms with Crippen LogP contribution in [0.3, 0.4) is 0 Å². The van der Waals surface area contributed by atoms with Crippen LogP contribution in [-0.2, 0) is 0 Å². The van der Waals surface area contributed by atoms with E-state index < -0.39 is 0 Å². The molecule has 1 heteroatoms. The average molecular weight is 72.0 g/mol. The third kappa shape index (κ3) is 9.24. The van der Waals surface area contributed by atoms with Crippen LogP contribution >= 0.6 is 0 Å². The normalized spacial score (nSPS) is 4.50. The minimum absolute atomic E-state index is 0. The van der Waals surface area contributed by atoms with Crippen LogP contribution in [-0.4, -0.2) is 0 Å². The Hall–Kier alpha value is -0.233. The molecule has 0 aliphatic heterocycles. The van der Waals surface area contributed by atoms with Crippen molar-refractivity contribution in [2.24, 2.45) is 0 Å².